The van der Waals surface area contributed by atoms with Crippen LogP contribution in [-0.2, 0) is 19.1 Å². The van der Waals surface area contributed by atoms with Crippen molar-refractivity contribution in [1.82, 2.24) is 0 Å². The van der Waals surface area contributed by atoms with Gasteiger partial charge in [0.05, 0.1) is 6.42 Å². The van der Waals surface area contributed by atoms with Crippen LogP contribution in [0.5, 0.6) is 0 Å². The van der Waals surface area contributed by atoms with E-state index in [2.05, 4.69) is 10.5 Å². The highest BCUT2D eigenvalue weighted by Crippen LogP contribution is 1.91. The number of carboxylic acid groups (broad SMARTS) is 2. The summed E-state index contributed by atoms with van der Waals surface area (Å²) < 4.78 is 4.40. The molecule has 0 saturated carbocycles. The fourth-order valence-corrected chi connectivity index (χ4v) is 0.538. The van der Waals surface area contributed by atoms with Crippen LogP contribution in [0.1, 0.15) is 12.8 Å². The minimum Gasteiger partial charge on any atom is -0.550 e. The predicted molar refractivity (Wildman–Crippen MR) is 36.9 cm³/mol. The molecule has 0 aromatic carbocycles. The van der Waals surface area contributed by atoms with Gasteiger partial charge in [-0.15, -0.1) is 0 Å². The van der Waals surface area contributed by atoms with Crippen molar-refractivity contribution in [2.75, 3.05) is 6.61 Å². The third-order valence-electron chi connectivity index (χ3n) is 1.31. The Hall–Kier alpha value is -1.63. The Kier molecular flexibility index (Phi) is 5.23. The van der Waals surface area contributed by atoms with Crippen LogP contribution in [0.2, 0.25) is 0 Å². The fraction of sp³-hybridized carbons (Fsp3) is 0.571. The lowest BCUT2D eigenvalue weighted by atomic mass is 10.3. The minimum atomic E-state index is -1.43. The molecule has 0 bridgehead atoms. The summed E-state index contributed by atoms with van der Waals surface area (Å²) in [5.41, 5.74) is 3.14. The van der Waals surface area contributed by atoms with E-state index in [1.54, 1.807) is 0 Å². The van der Waals surface area contributed by atoms with E-state index in [1.165, 1.54) is 0 Å². The molecule has 7 heteroatoms. The largest absolute Gasteiger partial charge is 0.550 e. The molecule has 0 aromatic rings. The summed E-state index contributed by atoms with van der Waals surface area (Å²) in [5, 5.41) is 20.0. The van der Waals surface area contributed by atoms with Crippen LogP contribution in [0, 0.1) is 0 Å². The first-order chi connectivity index (χ1) is 6.43. The molecule has 1 atom stereocenters. The van der Waals surface area contributed by atoms with Crippen LogP contribution >= 0.6 is 0 Å². The van der Waals surface area contributed by atoms with E-state index in [0.717, 1.165) is 0 Å². The first-order valence-electron chi connectivity index (χ1n) is 3.83. The molecule has 0 spiro atoms. The molecule has 0 aliphatic heterocycles. The smallest absolute Gasteiger partial charge is 0.306 e. The summed E-state index contributed by atoms with van der Waals surface area (Å²) in [7, 11) is 0. The number of carbonyl (C=O) groups is 3. The maximum Gasteiger partial charge on any atom is 0.306 e. The van der Waals surface area contributed by atoms with Gasteiger partial charge < -0.3 is 30.3 Å². The molecule has 7 nitrogen and oxygen atoms in total. The minimum absolute atomic E-state index is 0.345. The van der Waals surface area contributed by atoms with Crippen molar-refractivity contribution in [1.29, 1.82) is 0 Å². The zero-order valence-electron chi connectivity index (χ0n) is 7.36. The van der Waals surface area contributed by atoms with Gasteiger partial charge in [-0.05, 0) is 6.42 Å². The van der Waals surface area contributed by atoms with Gasteiger partial charge in [-0.2, -0.15) is 0 Å². The van der Waals surface area contributed by atoms with Gasteiger partial charge in [0.2, 0.25) is 0 Å². The first-order valence-corrected chi connectivity index (χ1v) is 3.83. The Balaban J connectivity index is 3.64. The SMILES string of the molecule is [NH3+][C@@H](COC(=O)CCC(=O)[O-])C(=O)[O-]. The first kappa shape index (κ1) is 12.4. The van der Waals surface area contributed by atoms with Crippen molar-refractivity contribution in [3.8, 4) is 0 Å². The quantitative estimate of drug-likeness (QED) is 0.433. The van der Waals surface area contributed by atoms with E-state index >= 15 is 0 Å². The second kappa shape index (κ2) is 5.92. The highest BCUT2D eigenvalue weighted by Gasteiger charge is 2.10. The standard InChI is InChI=1S/C7H11NO6/c8-4(7(12)13)3-14-6(11)2-1-5(9)10/h4H,1-3,8H2,(H,9,10)(H,12,13)/p-1/t4-/m0/s1. The van der Waals surface area contributed by atoms with Crippen molar-refractivity contribution in [3.05, 3.63) is 0 Å². The van der Waals surface area contributed by atoms with E-state index in [4.69, 9.17) is 0 Å². The van der Waals surface area contributed by atoms with Crippen molar-refractivity contribution >= 4 is 17.9 Å². The molecular formula is C7H10NO6-. The van der Waals surface area contributed by atoms with Crippen molar-refractivity contribution in [2.24, 2.45) is 0 Å². The lowest BCUT2D eigenvalue weighted by Gasteiger charge is -2.09. The fourth-order valence-electron chi connectivity index (χ4n) is 0.538. The maximum absolute atomic E-state index is 10.7. The number of rotatable bonds is 6. The second-order valence-electron chi connectivity index (χ2n) is 2.57. The molecule has 3 N–H and O–H groups in total. The average Bonchev–Trinajstić information content (AvgIpc) is 2.10. The molecule has 80 valence electrons. The number of quaternary nitrogens is 1. The summed E-state index contributed by atoms with van der Waals surface area (Å²) in [6, 6.07) is -1.15. The summed E-state index contributed by atoms with van der Waals surface area (Å²) in [4.78, 5) is 30.7. The van der Waals surface area contributed by atoms with Gasteiger partial charge in [-0.3, -0.25) is 4.79 Å². The summed E-state index contributed by atoms with van der Waals surface area (Å²) in [6.45, 7) is -0.422. The normalized spacial score (nSPS) is 11.8. The monoisotopic (exact) mass is 204 g/mol. The molecule has 0 radical (unpaired) electrons. The number of ether oxygens (including phenoxy) is 1. The van der Waals surface area contributed by atoms with Crippen LogP contribution in [0.3, 0.4) is 0 Å². The molecule has 0 aromatic heterocycles. The highest BCUT2D eigenvalue weighted by atomic mass is 16.5. The van der Waals surface area contributed by atoms with Gasteiger partial charge >= 0.3 is 5.97 Å². The summed E-state index contributed by atoms with van der Waals surface area (Å²) in [6.07, 6.45) is -0.798. The number of hydrogen-bond acceptors (Lipinski definition) is 6. The Morgan fingerprint density at radius 1 is 1.21 bits per heavy atom. The van der Waals surface area contributed by atoms with Gasteiger partial charge in [-0.1, -0.05) is 0 Å². The zero-order valence-corrected chi connectivity index (χ0v) is 7.36. The van der Waals surface area contributed by atoms with Gasteiger partial charge in [0.1, 0.15) is 12.6 Å². The van der Waals surface area contributed by atoms with Crippen molar-refractivity contribution in [2.45, 2.75) is 18.9 Å². The maximum atomic E-state index is 10.7. The molecule has 0 rings (SSSR count). The molecular weight excluding hydrogens is 194 g/mol. The van der Waals surface area contributed by atoms with Crippen molar-refractivity contribution < 1.29 is 35.1 Å². The molecule has 0 fully saturated rings. The third kappa shape index (κ3) is 5.95. The topological polar surface area (TPSA) is 134 Å². The van der Waals surface area contributed by atoms with E-state index in [0.29, 0.717) is 0 Å². The molecule has 0 amide bonds. The number of carboxylic acids is 2. The predicted octanol–water partition coefficient (Wildman–Crippen LogP) is -4.58. The molecule has 0 aliphatic rings. The number of esters is 1. The Morgan fingerprint density at radius 2 is 1.79 bits per heavy atom. The average molecular weight is 204 g/mol. The number of aliphatic carboxylic acids is 2. The lowest BCUT2D eigenvalue weighted by Crippen LogP contribution is -2.70. The van der Waals surface area contributed by atoms with E-state index < -0.39 is 37.0 Å². The van der Waals surface area contributed by atoms with Crippen LogP contribution in [0.15, 0.2) is 0 Å². The summed E-state index contributed by atoms with van der Waals surface area (Å²) >= 11 is 0. The molecule has 0 heterocycles. The van der Waals surface area contributed by atoms with Gasteiger partial charge in [-0.25, -0.2) is 0 Å². The second-order valence-corrected chi connectivity index (χ2v) is 2.57. The van der Waals surface area contributed by atoms with E-state index in [9.17, 15) is 24.6 Å². The van der Waals surface area contributed by atoms with Crippen LogP contribution < -0.4 is 15.9 Å². The highest BCUT2D eigenvalue weighted by molar-refractivity contribution is 5.76. The molecule has 0 aliphatic carbocycles. The zero-order chi connectivity index (χ0) is 11.1. The molecule has 14 heavy (non-hydrogen) atoms. The number of hydrogen-bond donors (Lipinski definition) is 1. The number of carbonyl (C=O) groups excluding carboxylic acids is 3. The Bertz CT molecular complexity index is 238. The summed E-state index contributed by atoms with van der Waals surface area (Å²) in [5.74, 6) is -3.60. The van der Waals surface area contributed by atoms with Gasteiger partial charge in [0, 0.05) is 5.97 Å². The van der Waals surface area contributed by atoms with Crippen LogP contribution in [-0.4, -0.2) is 30.6 Å². The van der Waals surface area contributed by atoms with Crippen LogP contribution in [0.25, 0.3) is 0 Å². The van der Waals surface area contributed by atoms with Crippen LogP contribution in [0.4, 0.5) is 0 Å². The van der Waals surface area contributed by atoms with Gasteiger partial charge in [0.25, 0.3) is 0 Å². The Labute approximate surface area is 79.5 Å². The lowest BCUT2D eigenvalue weighted by molar-refractivity contribution is -0.441. The van der Waals surface area contributed by atoms with Crippen molar-refractivity contribution in [3.63, 3.8) is 0 Å². The van der Waals surface area contributed by atoms with Gasteiger partial charge in [0.15, 0.2) is 6.04 Å². The third-order valence-corrected chi connectivity index (χ3v) is 1.31. The van der Waals surface area contributed by atoms with E-state index in [-0.39, 0.29) is 6.42 Å². The molecule has 0 saturated heterocycles. The Morgan fingerprint density at radius 3 is 2.21 bits per heavy atom. The molecule has 0 unspecified atom stereocenters. The van der Waals surface area contributed by atoms with E-state index in [1.807, 2.05) is 0 Å².